The first kappa shape index (κ1) is 21.3. The predicted octanol–water partition coefficient (Wildman–Crippen LogP) is -0.244. The SMILES string of the molecule is C=C(C)C(=O)OC.OCCOCCOCCOCCO. The van der Waals surface area contributed by atoms with Gasteiger partial charge >= 0.3 is 5.97 Å². The summed E-state index contributed by atoms with van der Waals surface area (Å²) in [6, 6.07) is 0. The molecule has 0 unspecified atom stereocenters. The lowest BCUT2D eigenvalue weighted by molar-refractivity contribution is -0.136. The zero-order valence-electron chi connectivity index (χ0n) is 12.3. The van der Waals surface area contributed by atoms with Gasteiger partial charge in [-0.05, 0) is 6.92 Å². The van der Waals surface area contributed by atoms with E-state index in [1.54, 1.807) is 6.92 Å². The van der Waals surface area contributed by atoms with E-state index in [9.17, 15) is 4.79 Å². The van der Waals surface area contributed by atoms with E-state index in [0.29, 0.717) is 45.2 Å². The van der Waals surface area contributed by atoms with Gasteiger partial charge in [0.1, 0.15) is 0 Å². The molecule has 0 saturated heterocycles. The molecule has 0 spiro atoms. The Morgan fingerprint density at radius 2 is 1.25 bits per heavy atom. The second-order valence-electron chi connectivity index (χ2n) is 3.56. The molecule has 0 rings (SSSR count). The van der Waals surface area contributed by atoms with Crippen LogP contribution in [0.2, 0.25) is 0 Å². The van der Waals surface area contributed by atoms with Crippen molar-refractivity contribution in [2.24, 2.45) is 0 Å². The zero-order chi connectivity index (χ0) is 15.6. The maximum Gasteiger partial charge on any atom is 0.332 e. The average Bonchev–Trinajstić information content (AvgIpc) is 2.45. The van der Waals surface area contributed by atoms with Crippen LogP contribution in [0.15, 0.2) is 12.2 Å². The number of rotatable bonds is 11. The summed E-state index contributed by atoms with van der Waals surface area (Å²) in [4.78, 5) is 10.2. The second-order valence-corrected chi connectivity index (χ2v) is 3.56. The van der Waals surface area contributed by atoms with Gasteiger partial charge in [-0.15, -0.1) is 0 Å². The molecule has 7 nitrogen and oxygen atoms in total. The van der Waals surface area contributed by atoms with Crippen LogP contribution in [0.1, 0.15) is 6.92 Å². The Morgan fingerprint density at radius 3 is 1.45 bits per heavy atom. The summed E-state index contributed by atoms with van der Waals surface area (Å²) in [6.45, 7) is 7.72. The first-order chi connectivity index (χ1) is 9.59. The zero-order valence-corrected chi connectivity index (χ0v) is 12.3. The molecule has 0 aromatic rings. The second kappa shape index (κ2) is 18.0. The first-order valence-electron chi connectivity index (χ1n) is 6.28. The number of carbonyl (C=O) groups excluding carboxylic acids is 1. The van der Waals surface area contributed by atoms with Crippen LogP contribution in [0, 0.1) is 0 Å². The van der Waals surface area contributed by atoms with Gasteiger partial charge in [0.2, 0.25) is 0 Å². The van der Waals surface area contributed by atoms with Crippen LogP contribution in [-0.4, -0.2) is 76.1 Å². The summed E-state index contributed by atoms with van der Waals surface area (Å²) in [5, 5.41) is 16.7. The molecule has 0 aromatic heterocycles. The Bertz CT molecular complexity index is 221. The fourth-order valence-corrected chi connectivity index (χ4v) is 0.845. The lowest BCUT2D eigenvalue weighted by atomic mass is 10.4. The predicted molar refractivity (Wildman–Crippen MR) is 73.5 cm³/mol. The third-order valence-electron chi connectivity index (χ3n) is 1.75. The maximum absolute atomic E-state index is 10.2. The molecule has 0 aromatic carbocycles. The number of carbonyl (C=O) groups is 1. The van der Waals surface area contributed by atoms with E-state index in [1.807, 2.05) is 0 Å². The highest BCUT2D eigenvalue weighted by molar-refractivity contribution is 5.86. The van der Waals surface area contributed by atoms with Crippen molar-refractivity contribution in [2.75, 3.05) is 60.0 Å². The van der Waals surface area contributed by atoms with Gasteiger partial charge in [-0.25, -0.2) is 4.79 Å². The van der Waals surface area contributed by atoms with Gasteiger partial charge in [0, 0.05) is 5.57 Å². The third-order valence-corrected chi connectivity index (χ3v) is 1.75. The minimum Gasteiger partial charge on any atom is -0.466 e. The van der Waals surface area contributed by atoms with Crippen molar-refractivity contribution >= 4 is 5.97 Å². The minimum absolute atomic E-state index is 0.0413. The number of ether oxygens (including phenoxy) is 4. The molecule has 0 heterocycles. The van der Waals surface area contributed by atoms with E-state index in [4.69, 9.17) is 24.4 Å². The van der Waals surface area contributed by atoms with Crippen molar-refractivity contribution in [1.29, 1.82) is 0 Å². The number of aliphatic hydroxyl groups excluding tert-OH is 2. The normalized spacial score (nSPS) is 9.60. The summed E-state index contributed by atoms with van der Waals surface area (Å²) in [7, 11) is 1.33. The van der Waals surface area contributed by atoms with Crippen molar-refractivity contribution in [2.45, 2.75) is 6.92 Å². The van der Waals surface area contributed by atoms with Gasteiger partial charge in [0.05, 0.1) is 60.0 Å². The van der Waals surface area contributed by atoms with Crippen LogP contribution < -0.4 is 0 Å². The number of methoxy groups -OCH3 is 1. The van der Waals surface area contributed by atoms with Crippen LogP contribution in [0.3, 0.4) is 0 Å². The molecule has 0 aliphatic carbocycles. The highest BCUT2D eigenvalue weighted by Crippen LogP contribution is 1.87. The molecule has 20 heavy (non-hydrogen) atoms. The molecule has 0 aliphatic rings. The number of hydrogen-bond acceptors (Lipinski definition) is 7. The van der Waals surface area contributed by atoms with Gasteiger partial charge in [-0.1, -0.05) is 6.58 Å². The Morgan fingerprint density at radius 1 is 0.900 bits per heavy atom. The smallest absolute Gasteiger partial charge is 0.332 e. The van der Waals surface area contributed by atoms with Crippen LogP contribution in [-0.2, 0) is 23.7 Å². The summed E-state index contributed by atoms with van der Waals surface area (Å²) < 4.78 is 19.3. The van der Waals surface area contributed by atoms with Gasteiger partial charge in [-0.2, -0.15) is 0 Å². The molecular formula is C13H26O7. The van der Waals surface area contributed by atoms with Gasteiger partial charge in [0.15, 0.2) is 0 Å². The molecule has 0 bridgehead atoms. The van der Waals surface area contributed by atoms with Crippen LogP contribution >= 0.6 is 0 Å². The van der Waals surface area contributed by atoms with Gasteiger partial charge < -0.3 is 29.2 Å². The van der Waals surface area contributed by atoms with E-state index in [0.717, 1.165) is 0 Å². The van der Waals surface area contributed by atoms with Crippen molar-refractivity contribution in [1.82, 2.24) is 0 Å². The van der Waals surface area contributed by atoms with E-state index in [1.165, 1.54) is 7.11 Å². The summed E-state index contributed by atoms with van der Waals surface area (Å²) >= 11 is 0. The summed E-state index contributed by atoms with van der Waals surface area (Å²) in [5.74, 6) is -0.347. The molecule has 0 atom stereocenters. The Hall–Kier alpha value is -0.990. The maximum atomic E-state index is 10.2. The lowest BCUT2D eigenvalue weighted by Gasteiger charge is -2.04. The molecule has 0 fully saturated rings. The summed E-state index contributed by atoms with van der Waals surface area (Å²) in [6.07, 6.45) is 0. The Balaban J connectivity index is 0. The lowest BCUT2D eigenvalue weighted by Crippen LogP contribution is -2.11. The van der Waals surface area contributed by atoms with E-state index in [2.05, 4.69) is 11.3 Å². The highest BCUT2D eigenvalue weighted by atomic mass is 16.5. The fraction of sp³-hybridized carbons (Fsp3) is 0.769. The van der Waals surface area contributed by atoms with Crippen molar-refractivity contribution < 1.29 is 34.0 Å². The first-order valence-corrected chi connectivity index (χ1v) is 6.28. The quantitative estimate of drug-likeness (QED) is 0.308. The monoisotopic (exact) mass is 294 g/mol. The van der Waals surface area contributed by atoms with Crippen molar-refractivity contribution in [3.8, 4) is 0 Å². The third kappa shape index (κ3) is 19.4. The molecule has 0 amide bonds. The molecule has 0 saturated carbocycles. The fourth-order valence-electron chi connectivity index (χ4n) is 0.845. The van der Waals surface area contributed by atoms with Gasteiger partial charge in [-0.3, -0.25) is 0 Å². The van der Waals surface area contributed by atoms with E-state index >= 15 is 0 Å². The topological polar surface area (TPSA) is 94.5 Å². The van der Waals surface area contributed by atoms with Crippen LogP contribution in [0.4, 0.5) is 0 Å². The standard InChI is InChI=1S/C8H18O5.C5H8O2/c9-1-3-11-5-7-13-8-6-12-4-2-10;1-4(2)5(6)7-3/h9-10H,1-8H2;1H2,2-3H3. The molecule has 0 aliphatic heterocycles. The average molecular weight is 294 g/mol. The number of hydrogen-bond donors (Lipinski definition) is 2. The van der Waals surface area contributed by atoms with Crippen molar-refractivity contribution in [3.05, 3.63) is 12.2 Å². The van der Waals surface area contributed by atoms with Crippen LogP contribution in [0.25, 0.3) is 0 Å². The molecular weight excluding hydrogens is 268 g/mol. The number of aliphatic hydroxyl groups is 2. The van der Waals surface area contributed by atoms with E-state index < -0.39 is 0 Å². The Kier molecular flexibility index (Phi) is 19.2. The largest absolute Gasteiger partial charge is 0.466 e. The van der Waals surface area contributed by atoms with Crippen LogP contribution in [0.5, 0.6) is 0 Å². The molecule has 7 heteroatoms. The van der Waals surface area contributed by atoms with Gasteiger partial charge in [0.25, 0.3) is 0 Å². The highest BCUT2D eigenvalue weighted by Gasteiger charge is 1.95. The Labute approximate surface area is 120 Å². The number of esters is 1. The van der Waals surface area contributed by atoms with Crippen molar-refractivity contribution in [3.63, 3.8) is 0 Å². The molecule has 2 N–H and O–H groups in total. The minimum atomic E-state index is -0.347. The molecule has 0 radical (unpaired) electrons. The van der Waals surface area contributed by atoms with E-state index in [-0.39, 0.29) is 19.2 Å². The summed E-state index contributed by atoms with van der Waals surface area (Å²) in [5.41, 5.74) is 0.433. The molecule has 120 valence electrons.